The Morgan fingerprint density at radius 3 is 1.56 bits per heavy atom. The number of rotatable bonds is 4. The molecule has 4 heteroatoms. The first-order chi connectivity index (χ1) is 13.2. The van der Waals surface area contributed by atoms with Gasteiger partial charge in [0.1, 0.15) is 0 Å². The molecule has 4 aromatic rings. The molecule has 1 aromatic heterocycles. The fourth-order valence-electron chi connectivity index (χ4n) is 3.09. The second-order valence-corrected chi connectivity index (χ2v) is 6.36. The van der Waals surface area contributed by atoms with Crippen molar-refractivity contribution in [1.82, 2.24) is 4.98 Å². The Morgan fingerprint density at radius 2 is 1.04 bits per heavy atom. The van der Waals surface area contributed by atoms with Gasteiger partial charge in [0.15, 0.2) is 0 Å². The zero-order valence-corrected chi connectivity index (χ0v) is 14.7. The number of aromatic nitrogens is 1. The Labute approximate surface area is 158 Å². The lowest BCUT2D eigenvalue weighted by Gasteiger charge is -2.11. The van der Waals surface area contributed by atoms with Crippen molar-refractivity contribution in [2.24, 2.45) is 0 Å². The molecule has 0 aliphatic rings. The lowest BCUT2D eigenvalue weighted by molar-refractivity contribution is 0.426. The Balaban J connectivity index is 1.90. The van der Waals surface area contributed by atoms with Crippen LogP contribution in [0.25, 0.3) is 33.6 Å². The molecule has 0 atom stereocenters. The number of hydrogen-bond donors (Lipinski definition) is 2. The van der Waals surface area contributed by atoms with Crippen molar-refractivity contribution < 1.29 is 10.0 Å². The molecule has 0 fully saturated rings. The lowest BCUT2D eigenvalue weighted by Crippen LogP contribution is -2.29. The van der Waals surface area contributed by atoms with E-state index >= 15 is 0 Å². The number of nitrogens with zero attached hydrogens (tertiary/aromatic N) is 1. The summed E-state index contributed by atoms with van der Waals surface area (Å²) < 4.78 is 0. The average molecular weight is 351 g/mol. The summed E-state index contributed by atoms with van der Waals surface area (Å²) in [7, 11) is -1.49. The monoisotopic (exact) mass is 351 g/mol. The molecule has 3 aromatic carbocycles. The van der Waals surface area contributed by atoms with Crippen molar-refractivity contribution in [2.75, 3.05) is 0 Å². The van der Waals surface area contributed by atoms with Crippen LogP contribution in [0.5, 0.6) is 0 Å². The molecule has 4 rings (SSSR count). The smallest absolute Gasteiger partial charge is 0.423 e. The highest BCUT2D eigenvalue weighted by Crippen LogP contribution is 2.29. The largest absolute Gasteiger partial charge is 0.488 e. The van der Waals surface area contributed by atoms with Gasteiger partial charge in [-0.25, -0.2) is 4.98 Å². The van der Waals surface area contributed by atoms with E-state index in [1.54, 1.807) is 12.1 Å². The molecule has 0 bridgehead atoms. The zero-order valence-electron chi connectivity index (χ0n) is 14.7. The van der Waals surface area contributed by atoms with Gasteiger partial charge >= 0.3 is 7.12 Å². The van der Waals surface area contributed by atoms with Crippen molar-refractivity contribution in [2.45, 2.75) is 0 Å². The van der Waals surface area contributed by atoms with E-state index in [2.05, 4.69) is 0 Å². The second-order valence-electron chi connectivity index (χ2n) is 6.36. The van der Waals surface area contributed by atoms with Crippen molar-refractivity contribution in [3.05, 3.63) is 97.1 Å². The molecule has 2 N–H and O–H groups in total. The van der Waals surface area contributed by atoms with Crippen LogP contribution >= 0.6 is 0 Å². The van der Waals surface area contributed by atoms with Crippen LogP contribution in [0.2, 0.25) is 0 Å². The highest BCUT2D eigenvalue weighted by molar-refractivity contribution is 6.58. The molecule has 130 valence electrons. The first kappa shape index (κ1) is 17.2. The van der Waals surface area contributed by atoms with Crippen LogP contribution in [0.1, 0.15) is 0 Å². The van der Waals surface area contributed by atoms with Crippen LogP contribution < -0.4 is 5.46 Å². The van der Waals surface area contributed by atoms with Gasteiger partial charge < -0.3 is 10.0 Å². The number of benzene rings is 3. The predicted octanol–water partition coefficient (Wildman–Crippen LogP) is 3.76. The molecule has 0 amide bonds. The standard InChI is InChI=1S/C23H18BNO2/c26-24(27)21-13-7-12-19(14-21)20-15-22(17-8-3-1-4-9-17)25-23(16-20)18-10-5-2-6-11-18/h1-16,26-27H. The molecule has 0 saturated heterocycles. The van der Waals surface area contributed by atoms with Crippen LogP contribution in [-0.2, 0) is 0 Å². The van der Waals surface area contributed by atoms with Crippen LogP contribution in [0.15, 0.2) is 97.1 Å². The van der Waals surface area contributed by atoms with Gasteiger partial charge in [-0.2, -0.15) is 0 Å². The van der Waals surface area contributed by atoms with E-state index in [1.807, 2.05) is 84.9 Å². The molecule has 3 nitrogen and oxygen atoms in total. The van der Waals surface area contributed by atoms with E-state index in [9.17, 15) is 10.0 Å². The summed E-state index contributed by atoms with van der Waals surface area (Å²) in [6.45, 7) is 0. The van der Waals surface area contributed by atoms with Crippen LogP contribution in [0.3, 0.4) is 0 Å². The molecular formula is C23H18BNO2. The number of pyridine rings is 1. The zero-order chi connectivity index (χ0) is 18.6. The van der Waals surface area contributed by atoms with Gasteiger partial charge in [0.2, 0.25) is 0 Å². The van der Waals surface area contributed by atoms with Crippen LogP contribution in [0, 0.1) is 0 Å². The molecule has 0 unspecified atom stereocenters. The van der Waals surface area contributed by atoms with Crippen molar-refractivity contribution in [1.29, 1.82) is 0 Å². The third kappa shape index (κ3) is 3.82. The SMILES string of the molecule is OB(O)c1cccc(-c2cc(-c3ccccc3)nc(-c3ccccc3)c2)c1. The highest BCUT2D eigenvalue weighted by atomic mass is 16.4. The van der Waals surface area contributed by atoms with Gasteiger partial charge in [-0.1, -0.05) is 84.9 Å². The summed E-state index contributed by atoms with van der Waals surface area (Å²) in [6, 6.07) is 31.4. The summed E-state index contributed by atoms with van der Waals surface area (Å²) >= 11 is 0. The second kappa shape index (κ2) is 7.58. The lowest BCUT2D eigenvalue weighted by atomic mass is 9.79. The molecule has 0 spiro atoms. The van der Waals surface area contributed by atoms with E-state index in [-0.39, 0.29) is 0 Å². The maximum absolute atomic E-state index is 9.50. The normalized spacial score (nSPS) is 10.6. The minimum atomic E-state index is -1.49. The Bertz CT molecular complexity index is 992. The van der Waals surface area contributed by atoms with Gasteiger partial charge in [0, 0.05) is 11.1 Å². The Hall–Kier alpha value is -3.21. The van der Waals surface area contributed by atoms with E-state index in [4.69, 9.17) is 4.98 Å². The first-order valence-corrected chi connectivity index (χ1v) is 8.80. The Kier molecular flexibility index (Phi) is 4.83. The maximum Gasteiger partial charge on any atom is 0.488 e. The van der Waals surface area contributed by atoms with Gasteiger partial charge in [0.25, 0.3) is 0 Å². The fourth-order valence-corrected chi connectivity index (χ4v) is 3.09. The topological polar surface area (TPSA) is 53.4 Å². The average Bonchev–Trinajstić information content (AvgIpc) is 2.75. The van der Waals surface area contributed by atoms with Crippen molar-refractivity contribution in [3.63, 3.8) is 0 Å². The fraction of sp³-hybridized carbons (Fsp3) is 0. The molecule has 0 aliphatic heterocycles. The Morgan fingerprint density at radius 1 is 0.519 bits per heavy atom. The van der Waals surface area contributed by atoms with E-state index in [1.165, 1.54) is 0 Å². The minimum Gasteiger partial charge on any atom is -0.423 e. The van der Waals surface area contributed by atoms with E-state index in [0.717, 1.165) is 33.6 Å². The summed E-state index contributed by atoms with van der Waals surface area (Å²) in [6.07, 6.45) is 0. The minimum absolute atomic E-state index is 0.465. The molecule has 1 heterocycles. The summed E-state index contributed by atoms with van der Waals surface area (Å²) in [4.78, 5) is 4.86. The molecule has 0 aliphatic carbocycles. The van der Waals surface area contributed by atoms with Gasteiger partial charge in [-0.15, -0.1) is 0 Å². The molecular weight excluding hydrogens is 333 g/mol. The molecule has 27 heavy (non-hydrogen) atoms. The third-order valence-corrected chi connectivity index (χ3v) is 4.48. The summed E-state index contributed by atoms with van der Waals surface area (Å²) in [5, 5.41) is 19.0. The number of hydrogen-bond acceptors (Lipinski definition) is 3. The van der Waals surface area contributed by atoms with E-state index < -0.39 is 7.12 Å². The van der Waals surface area contributed by atoms with Crippen molar-refractivity contribution >= 4 is 12.6 Å². The quantitative estimate of drug-likeness (QED) is 0.551. The maximum atomic E-state index is 9.50. The van der Waals surface area contributed by atoms with Crippen LogP contribution in [-0.4, -0.2) is 22.2 Å². The summed E-state index contributed by atoms with van der Waals surface area (Å²) in [5.74, 6) is 0. The third-order valence-electron chi connectivity index (χ3n) is 4.48. The first-order valence-electron chi connectivity index (χ1n) is 8.80. The highest BCUT2D eigenvalue weighted by Gasteiger charge is 2.13. The molecule has 0 saturated carbocycles. The summed E-state index contributed by atoms with van der Waals surface area (Å²) in [5.41, 5.74) is 6.18. The molecule has 0 radical (unpaired) electrons. The van der Waals surface area contributed by atoms with Gasteiger partial charge in [-0.3, -0.25) is 0 Å². The predicted molar refractivity (Wildman–Crippen MR) is 110 cm³/mol. The van der Waals surface area contributed by atoms with Crippen molar-refractivity contribution in [3.8, 4) is 33.6 Å². The van der Waals surface area contributed by atoms with Crippen LogP contribution in [0.4, 0.5) is 0 Å². The van der Waals surface area contributed by atoms with Gasteiger partial charge in [0.05, 0.1) is 11.4 Å². The van der Waals surface area contributed by atoms with Gasteiger partial charge in [-0.05, 0) is 28.7 Å². The van der Waals surface area contributed by atoms with E-state index in [0.29, 0.717) is 5.46 Å².